The van der Waals surface area contributed by atoms with E-state index in [1.54, 1.807) is 0 Å². The largest absolute Gasteiger partial charge is 0.325 e. The number of benzene rings is 1. The van der Waals surface area contributed by atoms with Gasteiger partial charge >= 0.3 is 0 Å². The number of hydrogen-bond donors (Lipinski definition) is 1. The summed E-state index contributed by atoms with van der Waals surface area (Å²) in [5, 5.41) is 0. The summed E-state index contributed by atoms with van der Waals surface area (Å²) in [5.74, 6) is 0.551. The molecule has 2 N–H and O–H groups in total. The van der Waals surface area contributed by atoms with Crippen LogP contribution in [0, 0.1) is 17.2 Å². The number of nitrogens with two attached hydrogens (primary N) is 1. The zero-order valence-corrected chi connectivity index (χ0v) is 14.3. The average Bonchev–Trinajstić information content (AvgIpc) is 2.33. The van der Waals surface area contributed by atoms with E-state index >= 15 is 0 Å². The van der Waals surface area contributed by atoms with Gasteiger partial charge in [-0.3, -0.25) is 0 Å². The van der Waals surface area contributed by atoms with Crippen molar-refractivity contribution >= 4 is 15.9 Å². The van der Waals surface area contributed by atoms with Crippen LogP contribution in [0.4, 0.5) is 4.39 Å². The zero-order chi connectivity index (χ0) is 15.0. The van der Waals surface area contributed by atoms with Crippen molar-refractivity contribution in [2.24, 2.45) is 17.1 Å². The molecule has 0 saturated heterocycles. The minimum absolute atomic E-state index is 0.126. The molecule has 1 saturated carbocycles. The highest BCUT2D eigenvalue weighted by molar-refractivity contribution is 9.10. The Balaban J connectivity index is 2.01. The number of halogens is 2. The second kappa shape index (κ2) is 5.76. The summed E-state index contributed by atoms with van der Waals surface area (Å²) in [7, 11) is 0. The third-order valence-corrected chi connectivity index (χ3v) is 5.35. The van der Waals surface area contributed by atoms with E-state index in [4.69, 9.17) is 5.73 Å². The van der Waals surface area contributed by atoms with E-state index in [0.29, 0.717) is 9.89 Å². The van der Waals surface area contributed by atoms with Crippen molar-refractivity contribution in [3.05, 3.63) is 34.1 Å². The molecule has 0 amide bonds. The zero-order valence-electron chi connectivity index (χ0n) is 12.7. The summed E-state index contributed by atoms with van der Waals surface area (Å²) in [6.45, 7) is 6.95. The maximum absolute atomic E-state index is 13.3. The van der Waals surface area contributed by atoms with E-state index in [-0.39, 0.29) is 11.4 Å². The molecular weight excluding hydrogens is 317 g/mol. The van der Waals surface area contributed by atoms with Gasteiger partial charge in [0, 0.05) is 5.54 Å². The van der Waals surface area contributed by atoms with Crippen molar-refractivity contribution in [1.82, 2.24) is 0 Å². The van der Waals surface area contributed by atoms with E-state index in [2.05, 4.69) is 36.7 Å². The maximum Gasteiger partial charge on any atom is 0.137 e. The molecule has 3 heteroatoms. The van der Waals surface area contributed by atoms with E-state index < -0.39 is 0 Å². The normalized spacial score (nSPS) is 27.6. The fraction of sp³-hybridized carbons (Fsp3) is 0.647. The van der Waals surface area contributed by atoms with Crippen LogP contribution in [0.3, 0.4) is 0 Å². The van der Waals surface area contributed by atoms with Crippen LogP contribution >= 0.6 is 15.9 Å². The lowest BCUT2D eigenvalue weighted by atomic mass is 9.66. The van der Waals surface area contributed by atoms with Crippen LogP contribution in [-0.2, 0) is 6.42 Å². The summed E-state index contributed by atoms with van der Waals surface area (Å²) in [6.07, 6.45) is 5.35. The molecule has 0 heterocycles. The fourth-order valence-electron chi connectivity index (χ4n) is 3.29. The second-order valence-electron chi connectivity index (χ2n) is 7.43. The van der Waals surface area contributed by atoms with Crippen LogP contribution in [0.2, 0.25) is 0 Å². The van der Waals surface area contributed by atoms with Gasteiger partial charge in [0.1, 0.15) is 5.82 Å². The van der Waals surface area contributed by atoms with Crippen LogP contribution in [0.25, 0.3) is 0 Å². The number of rotatable bonds is 2. The average molecular weight is 342 g/mol. The molecule has 1 fully saturated rings. The third kappa shape index (κ3) is 3.82. The fourth-order valence-corrected chi connectivity index (χ4v) is 3.72. The highest BCUT2D eigenvalue weighted by atomic mass is 79.9. The molecule has 0 radical (unpaired) electrons. The smallest absolute Gasteiger partial charge is 0.137 e. The molecule has 0 atom stereocenters. The summed E-state index contributed by atoms with van der Waals surface area (Å²) in [4.78, 5) is 0. The van der Waals surface area contributed by atoms with Gasteiger partial charge in [-0.05, 0) is 77.1 Å². The Kier molecular flexibility index (Phi) is 4.60. The van der Waals surface area contributed by atoms with Gasteiger partial charge in [-0.1, -0.05) is 26.8 Å². The molecule has 1 aromatic carbocycles. The minimum atomic E-state index is -0.212. The van der Waals surface area contributed by atoms with E-state index in [0.717, 1.165) is 30.7 Å². The molecule has 2 rings (SSSR count). The lowest BCUT2D eigenvalue weighted by Gasteiger charge is -2.42. The summed E-state index contributed by atoms with van der Waals surface area (Å²) in [6, 6.07) is 5.23. The Morgan fingerprint density at radius 1 is 1.30 bits per heavy atom. The highest BCUT2D eigenvalue weighted by Crippen LogP contribution is 2.41. The molecule has 0 unspecified atom stereocenters. The lowest BCUT2D eigenvalue weighted by molar-refractivity contribution is 0.134. The van der Waals surface area contributed by atoms with Gasteiger partial charge in [0.25, 0.3) is 0 Å². The molecule has 1 nitrogen and oxygen atoms in total. The first-order valence-corrected chi connectivity index (χ1v) is 8.22. The SMILES string of the molecule is CC(C)(C)C1CCC(N)(Cc2ccc(F)c(Br)c2)CC1. The Morgan fingerprint density at radius 2 is 1.90 bits per heavy atom. The Hall–Kier alpha value is -0.410. The van der Waals surface area contributed by atoms with Crippen molar-refractivity contribution in [1.29, 1.82) is 0 Å². The van der Waals surface area contributed by atoms with Crippen LogP contribution < -0.4 is 5.73 Å². The molecule has 20 heavy (non-hydrogen) atoms. The van der Waals surface area contributed by atoms with E-state index in [1.807, 2.05) is 12.1 Å². The Morgan fingerprint density at radius 3 is 2.40 bits per heavy atom. The third-order valence-electron chi connectivity index (χ3n) is 4.75. The number of hydrogen-bond acceptors (Lipinski definition) is 1. The van der Waals surface area contributed by atoms with Crippen molar-refractivity contribution in [2.75, 3.05) is 0 Å². The van der Waals surface area contributed by atoms with E-state index in [1.165, 1.54) is 18.9 Å². The van der Waals surface area contributed by atoms with Crippen LogP contribution in [0.5, 0.6) is 0 Å². The highest BCUT2D eigenvalue weighted by Gasteiger charge is 2.36. The first-order valence-electron chi connectivity index (χ1n) is 7.42. The van der Waals surface area contributed by atoms with E-state index in [9.17, 15) is 4.39 Å². The summed E-state index contributed by atoms with van der Waals surface area (Å²) >= 11 is 3.25. The van der Waals surface area contributed by atoms with Crippen molar-refractivity contribution in [2.45, 2.75) is 58.4 Å². The molecule has 0 aliphatic heterocycles. The van der Waals surface area contributed by atoms with Crippen LogP contribution in [-0.4, -0.2) is 5.54 Å². The summed E-state index contributed by atoms with van der Waals surface area (Å²) in [5.41, 5.74) is 7.95. The topological polar surface area (TPSA) is 26.0 Å². The first-order chi connectivity index (χ1) is 9.20. The molecule has 0 aromatic heterocycles. The predicted octanol–water partition coefficient (Wildman–Crippen LogP) is 5.06. The molecule has 1 aromatic rings. The molecular formula is C17H25BrFN. The van der Waals surface area contributed by atoms with Gasteiger partial charge < -0.3 is 5.73 Å². The Bertz CT molecular complexity index is 470. The summed E-state index contributed by atoms with van der Waals surface area (Å²) < 4.78 is 13.8. The monoisotopic (exact) mass is 341 g/mol. The van der Waals surface area contributed by atoms with Crippen molar-refractivity contribution in [3.63, 3.8) is 0 Å². The van der Waals surface area contributed by atoms with Crippen LogP contribution in [0.15, 0.2) is 22.7 Å². The minimum Gasteiger partial charge on any atom is -0.325 e. The van der Waals surface area contributed by atoms with Crippen LogP contribution in [0.1, 0.15) is 52.0 Å². The van der Waals surface area contributed by atoms with Gasteiger partial charge in [0.05, 0.1) is 4.47 Å². The lowest BCUT2D eigenvalue weighted by Crippen LogP contribution is -2.46. The first kappa shape index (κ1) is 16.0. The van der Waals surface area contributed by atoms with Gasteiger partial charge in [-0.25, -0.2) is 4.39 Å². The molecule has 112 valence electrons. The molecule has 0 bridgehead atoms. The van der Waals surface area contributed by atoms with Gasteiger partial charge in [0.15, 0.2) is 0 Å². The van der Waals surface area contributed by atoms with Crippen molar-refractivity contribution in [3.8, 4) is 0 Å². The Labute approximate surface area is 130 Å². The maximum atomic E-state index is 13.3. The van der Waals surface area contributed by atoms with Gasteiger partial charge in [0.2, 0.25) is 0 Å². The molecule has 0 spiro atoms. The van der Waals surface area contributed by atoms with Crippen molar-refractivity contribution < 1.29 is 4.39 Å². The van der Waals surface area contributed by atoms with Gasteiger partial charge in [-0.15, -0.1) is 0 Å². The second-order valence-corrected chi connectivity index (χ2v) is 8.28. The quantitative estimate of drug-likeness (QED) is 0.798. The predicted molar refractivity (Wildman–Crippen MR) is 86.1 cm³/mol. The standard InChI is InChI=1S/C17H25BrFN/c1-16(2,3)13-6-8-17(20,9-7-13)11-12-4-5-15(19)14(18)10-12/h4-5,10,13H,6-9,11,20H2,1-3H3. The molecule has 1 aliphatic carbocycles. The molecule has 1 aliphatic rings. The van der Waals surface area contributed by atoms with Gasteiger partial charge in [-0.2, -0.15) is 0 Å².